The van der Waals surface area contributed by atoms with Crippen molar-refractivity contribution in [2.45, 2.75) is 31.6 Å². The molecule has 2 aliphatic heterocycles. The number of aliphatic imine (C=N–C) groups is 1. The molecule has 0 spiro atoms. The largest absolute Gasteiger partial charge is 0.384 e. The summed E-state index contributed by atoms with van der Waals surface area (Å²) in [6.45, 7) is 6.53. The molecule has 2 aliphatic rings. The maximum Gasteiger partial charge on any atom is 0.294 e. The number of guanidine groups is 1. The second-order valence-corrected chi connectivity index (χ2v) is 7.24. The zero-order chi connectivity index (χ0) is 18.4. The van der Waals surface area contributed by atoms with Crippen LogP contribution in [0.2, 0.25) is 0 Å². The lowest BCUT2D eigenvalue weighted by atomic mass is 10.1. The van der Waals surface area contributed by atoms with Gasteiger partial charge in [-0.05, 0) is 37.5 Å². The van der Waals surface area contributed by atoms with Crippen LogP contribution >= 0.6 is 0 Å². The van der Waals surface area contributed by atoms with Gasteiger partial charge in [0.15, 0.2) is 0 Å². The standard InChI is InChI=1S/C8H16N4.C8H9NO3S/c1-3-7-5-11-12(6-7)8(9)10-4-2;10-13(11,12)7-2-1-6-3-4-9-8(6)5-7/h5,7H,3-4,6H2,1-2H3,(H2,9,10);1-2,5,9H,3-4H2,(H,10,11,12). The van der Waals surface area contributed by atoms with E-state index in [1.54, 1.807) is 11.1 Å². The molecule has 2 heterocycles. The quantitative estimate of drug-likeness (QED) is 0.423. The van der Waals surface area contributed by atoms with Crippen molar-refractivity contribution in [3.8, 4) is 0 Å². The zero-order valence-corrected chi connectivity index (χ0v) is 15.3. The molecule has 25 heavy (non-hydrogen) atoms. The fourth-order valence-electron chi connectivity index (χ4n) is 2.55. The highest BCUT2D eigenvalue weighted by Gasteiger charge is 2.17. The number of anilines is 1. The van der Waals surface area contributed by atoms with E-state index in [1.165, 1.54) is 12.1 Å². The van der Waals surface area contributed by atoms with Gasteiger partial charge in [-0.15, -0.1) is 0 Å². The van der Waals surface area contributed by atoms with E-state index in [9.17, 15) is 8.42 Å². The van der Waals surface area contributed by atoms with Gasteiger partial charge in [0.1, 0.15) is 0 Å². The summed E-state index contributed by atoms with van der Waals surface area (Å²) in [7, 11) is -4.06. The minimum atomic E-state index is -4.06. The predicted molar refractivity (Wildman–Crippen MR) is 99.6 cm³/mol. The highest BCUT2D eigenvalue weighted by Crippen LogP contribution is 2.24. The van der Waals surface area contributed by atoms with Gasteiger partial charge in [0.25, 0.3) is 10.1 Å². The number of hydrogen-bond acceptors (Lipinski definition) is 5. The summed E-state index contributed by atoms with van der Waals surface area (Å²) in [6, 6.07) is 4.59. The number of hydrazone groups is 1. The summed E-state index contributed by atoms with van der Waals surface area (Å²) >= 11 is 0. The van der Waals surface area contributed by atoms with Crippen molar-refractivity contribution in [2.75, 3.05) is 25.0 Å². The van der Waals surface area contributed by atoms with Crippen LogP contribution in [-0.4, -0.2) is 49.8 Å². The maximum absolute atomic E-state index is 10.8. The molecule has 4 N–H and O–H groups in total. The van der Waals surface area contributed by atoms with Crippen LogP contribution in [0.4, 0.5) is 5.69 Å². The zero-order valence-electron chi connectivity index (χ0n) is 14.5. The van der Waals surface area contributed by atoms with Gasteiger partial charge in [-0.3, -0.25) is 9.55 Å². The third-order valence-corrected chi connectivity index (χ3v) is 4.87. The Hall–Kier alpha value is -2.13. The van der Waals surface area contributed by atoms with Crippen molar-refractivity contribution >= 4 is 28.0 Å². The van der Waals surface area contributed by atoms with Gasteiger partial charge in [-0.2, -0.15) is 13.5 Å². The van der Waals surface area contributed by atoms with E-state index in [2.05, 4.69) is 22.3 Å². The molecule has 1 aromatic rings. The Balaban J connectivity index is 0.000000181. The van der Waals surface area contributed by atoms with E-state index in [4.69, 9.17) is 10.3 Å². The lowest BCUT2D eigenvalue weighted by Crippen LogP contribution is -2.33. The van der Waals surface area contributed by atoms with Gasteiger partial charge in [0, 0.05) is 30.9 Å². The SMILES string of the molecule is CCN=C(N)N1CC(CC)C=N1.O=S(=O)(O)c1ccc2c(c1)NCC2. The van der Waals surface area contributed by atoms with E-state index >= 15 is 0 Å². The number of nitrogens with zero attached hydrogens (tertiary/aromatic N) is 3. The van der Waals surface area contributed by atoms with Crippen LogP contribution < -0.4 is 11.1 Å². The van der Waals surface area contributed by atoms with Gasteiger partial charge in [0.2, 0.25) is 5.96 Å². The highest BCUT2D eigenvalue weighted by atomic mass is 32.2. The topological polar surface area (TPSA) is 120 Å². The Morgan fingerprint density at radius 3 is 2.84 bits per heavy atom. The third kappa shape index (κ3) is 5.17. The van der Waals surface area contributed by atoms with E-state index in [-0.39, 0.29) is 4.90 Å². The molecular weight excluding hydrogens is 342 g/mol. The summed E-state index contributed by atoms with van der Waals surface area (Å²) in [5, 5.41) is 8.96. The molecule has 0 aliphatic carbocycles. The Labute approximate surface area is 148 Å². The Morgan fingerprint density at radius 2 is 2.24 bits per heavy atom. The van der Waals surface area contributed by atoms with Crippen LogP contribution in [0.15, 0.2) is 33.2 Å². The van der Waals surface area contributed by atoms with Crippen LogP contribution in [0.5, 0.6) is 0 Å². The molecule has 0 saturated carbocycles. The summed E-state index contributed by atoms with van der Waals surface area (Å²) in [4.78, 5) is 4.03. The summed E-state index contributed by atoms with van der Waals surface area (Å²) in [5.41, 5.74) is 7.56. The molecule has 3 rings (SSSR count). The molecule has 1 aromatic carbocycles. The molecule has 0 saturated heterocycles. The van der Waals surface area contributed by atoms with Crippen LogP contribution in [-0.2, 0) is 16.5 Å². The summed E-state index contributed by atoms with van der Waals surface area (Å²) < 4.78 is 30.3. The number of benzene rings is 1. The first kappa shape index (κ1) is 19.2. The Kier molecular flexibility index (Phi) is 6.38. The molecule has 138 valence electrons. The first-order chi connectivity index (χ1) is 11.8. The second kappa shape index (κ2) is 8.30. The maximum atomic E-state index is 10.8. The van der Waals surface area contributed by atoms with Crippen molar-refractivity contribution in [2.24, 2.45) is 21.7 Å². The number of fused-ring (bicyclic) bond motifs is 1. The molecule has 8 nitrogen and oxygen atoms in total. The van der Waals surface area contributed by atoms with Gasteiger partial charge in [-0.25, -0.2) is 5.01 Å². The Morgan fingerprint density at radius 1 is 1.48 bits per heavy atom. The van der Waals surface area contributed by atoms with Gasteiger partial charge in [0.05, 0.1) is 11.4 Å². The monoisotopic (exact) mass is 367 g/mol. The average Bonchev–Trinajstić information content (AvgIpc) is 3.23. The van der Waals surface area contributed by atoms with Gasteiger partial charge < -0.3 is 11.1 Å². The van der Waals surface area contributed by atoms with E-state index in [0.717, 1.165) is 37.2 Å². The molecule has 0 amide bonds. The van der Waals surface area contributed by atoms with Crippen LogP contribution in [0, 0.1) is 5.92 Å². The van der Waals surface area contributed by atoms with Gasteiger partial charge in [-0.1, -0.05) is 13.0 Å². The number of nitrogens with two attached hydrogens (primary N) is 1. The number of nitrogens with one attached hydrogen (secondary N) is 1. The number of rotatable bonds is 3. The molecule has 0 radical (unpaired) electrons. The molecular formula is C16H25N5O3S. The predicted octanol–water partition coefficient (Wildman–Crippen LogP) is 1.55. The lowest BCUT2D eigenvalue weighted by Gasteiger charge is -2.13. The van der Waals surface area contributed by atoms with Crippen molar-refractivity contribution in [3.63, 3.8) is 0 Å². The van der Waals surface area contributed by atoms with Crippen molar-refractivity contribution < 1.29 is 13.0 Å². The number of hydrogen-bond donors (Lipinski definition) is 3. The first-order valence-electron chi connectivity index (χ1n) is 8.31. The molecule has 1 atom stereocenters. The van der Waals surface area contributed by atoms with Crippen molar-refractivity contribution in [3.05, 3.63) is 23.8 Å². The molecule has 9 heteroatoms. The van der Waals surface area contributed by atoms with E-state index < -0.39 is 10.1 Å². The van der Waals surface area contributed by atoms with Crippen LogP contribution in [0.25, 0.3) is 0 Å². The molecule has 0 bridgehead atoms. The summed E-state index contributed by atoms with van der Waals surface area (Å²) in [6.07, 6.45) is 3.96. The van der Waals surface area contributed by atoms with E-state index in [0.29, 0.717) is 18.4 Å². The molecule has 1 unspecified atom stereocenters. The fourth-order valence-corrected chi connectivity index (χ4v) is 3.06. The van der Waals surface area contributed by atoms with Crippen molar-refractivity contribution in [1.29, 1.82) is 0 Å². The normalized spacial score (nSPS) is 19.2. The minimum Gasteiger partial charge on any atom is -0.384 e. The smallest absolute Gasteiger partial charge is 0.294 e. The average molecular weight is 367 g/mol. The first-order valence-corrected chi connectivity index (χ1v) is 9.75. The van der Waals surface area contributed by atoms with E-state index in [1.807, 2.05) is 13.1 Å². The lowest BCUT2D eigenvalue weighted by molar-refractivity contribution is 0.434. The van der Waals surface area contributed by atoms with Crippen molar-refractivity contribution in [1.82, 2.24) is 5.01 Å². The molecule has 0 fully saturated rings. The van der Waals surface area contributed by atoms with Crippen LogP contribution in [0.1, 0.15) is 25.8 Å². The fraction of sp³-hybridized carbons (Fsp3) is 0.500. The third-order valence-electron chi connectivity index (χ3n) is 4.02. The Bertz CT molecular complexity index is 761. The summed E-state index contributed by atoms with van der Waals surface area (Å²) in [5.74, 6) is 1.07. The van der Waals surface area contributed by atoms with Crippen LogP contribution in [0.3, 0.4) is 0 Å². The minimum absolute atomic E-state index is 0.0550. The van der Waals surface area contributed by atoms with Gasteiger partial charge >= 0.3 is 0 Å². The second-order valence-electron chi connectivity index (χ2n) is 5.82. The molecule has 0 aromatic heterocycles. The highest BCUT2D eigenvalue weighted by molar-refractivity contribution is 7.85.